The van der Waals surface area contributed by atoms with E-state index in [4.69, 9.17) is 5.73 Å². The van der Waals surface area contributed by atoms with Gasteiger partial charge in [0, 0.05) is 5.56 Å². The van der Waals surface area contributed by atoms with Crippen LogP contribution >= 0.6 is 0 Å². The molecule has 3 aromatic carbocycles. The van der Waals surface area contributed by atoms with Crippen LogP contribution in [0.3, 0.4) is 0 Å². The summed E-state index contributed by atoms with van der Waals surface area (Å²) in [5.41, 5.74) is 6.92. The molecular weight excluding hydrogens is 348 g/mol. The van der Waals surface area contributed by atoms with Crippen LogP contribution in [0.2, 0.25) is 0 Å². The molecule has 0 fully saturated rings. The fourth-order valence-corrected chi connectivity index (χ4v) is 4.03. The van der Waals surface area contributed by atoms with Crippen molar-refractivity contribution in [3.63, 3.8) is 0 Å². The normalized spacial score (nSPS) is 11.1. The lowest BCUT2D eigenvalue weighted by molar-refractivity contribution is 0.1000. The van der Waals surface area contributed by atoms with Crippen LogP contribution in [0, 0.1) is 0 Å². The monoisotopic (exact) mass is 366 g/mol. The molecule has 0 saturated heterocycles. The van der Waals surface area contributed by atoms with Crippen molar-refractivity contribution in [1.29, 1.82) is 0 Å². The zero-order valence-corrected chi connectivity index (χ0v) is 14.8. The quantitative estimate of drug-likeness (QED) is 0.727. The van der Waals surface area contributed by atoms with Gasteiger partial charge in [0.1, 0.15) is 0 Å². The summed E-state index contributed by atoms with van der Waals surface area (Å²) >= 11 is 0. The van der Waals surface area contributed by atoms with Crippen LogP contribution in [-0.2, 0) is 16.6 Å². The molecule has 3 aromatic rings. The van der Waals surface area contributed by atoms with Gasteiger partial charge in [-0.3, -0.25) is 9.10 Å². The maximum atomic E-state index is 13.2. The standard InChI is InChI=1S/C20H18N2O3S/c21-20(23)17-11-13-19(14-12-17)26(24,25)22(18-9-5-2-6-10-18)15-16-7-3-1-4-8-16/h1-14H,15H2,(H2,21,23). The zero-order valence-electron chi connectivity index (χ0n) is 13.9. The molecule has 132 valence electrons. The maximum absolute atomic E-state index is 13.2. The van der Waals surface area contributed by atoms with E-state index in [9.17, 15) is 13.2 Å². The van der Waals surface area contributed by atoms with Crippen LogP contribution < -0.4 is 10.0 Å². The van der Waals surface area contributed by atoms with Crippen LogP contribution in [0.1, 0.15) is 15.9 Å². The molecule has 6 heteroatoms. The fraction of sp³-hybridized carbons (Fsp3) is 0.0500. The highest BCUT2D eigenvalue weighted by molar-refractivity contribution is 7.92. The van der Waals surface area contributed by atoms with E-state index in [0.717, 1.165) is 5.56 Å². The Morgan fingerprint density at radius 2 is 1.35 bits per heavy atom. The Bertz CT molecular complexity index is 986. The second kappa shape index (κ2) is 7.41. The number of amides is 1. The van der Waals surface area contributed by atoms with E-state index in [2.05, 4.69) is 0 Å². The molecular formula is C20H18N2O3S. The molecule has 5 nitrogen and oxygen atoms in total. The first-order valence-electron chi connectivity index (χ1n) is 8.00. The number of rotatable bonds is 6. The first kappa shape index (κ1) is 17.7. The zero-order chi connectivity index (χ0) is 18.6. The Hall–Kier alpha value is -3.12. The molecule has 2 N–H and O–H groups in total. The highest BCUT2D eigenvalue weighted by Crippen LogP contribution is 2.26. The van der Waals surface area contributed by atoms with E-state index >= 15 is 0 Å². The minimum absolute atomic E-state index is 0.0993. The lowest BCUT2D eigenvalue weighted by Crippen LogP contribution is -2.30. The minimum atomic E-state index is -3.81. The molecule has 0 spiro atoms. The third kappa shape index (κ3) is 3.75. The molecule has 0 radical (unpaired) electrons. The van der Waals surface area contributed by atoms with Gasteiger partial charge in [0.05, 0.1) is 17.1 Å². The number of benzene rings is 3. The van der Waals surface area contributed by atoms with Crippen LogP contribution in [0.4, 0.5) is 5.69 Å². The van der Waals surface area contributed by atoms with Gasteiger partial charge < -0.3 is 5.73 Å². The molecule has 0 saturated carbocycles. The smallest absolute Gasteiger partial charge is 0.264 e. The lowest BCUT2D eigenvalue weighted by Gasteiger charge is -2.24. The Labute approximate surface area is 152 Å². The molecule has 0 aliphatic heterocycles. The highest BCUT2D eigenvalue weighted by Gasteiger charge is 2.25. The van der Waals surface area contributed by atoms with Gasteiger partial charge in [-0.1, -0.05) is 48.5 Å². The number of anilines is 1. The number of hydrogen-bond acceptors (Lipinski definition) is 3. The Morgan fingerprint density at radius 1 is 0.808 bits per heavy atom. The summed E-state index contributed by atoms with van der Waals surface area (Å²) < 4.78 is 27.8. The summed E-state index contributed by atoms with van der Waals surface area (Å²) in [5.74, 6) is -0.599. The molecule has 26 heavy (non-hydrogen) atoms. The van der Waals surface area contributed by atoms with Crippen LogP contribution in [0.5, 0.6) is 0 Å². The highest BCUT2D eigenvalue weighted by atomic mass is 32.2. The number of hydrogen-bond donors (Lipinski definition) is 1. The van der Waals surface area contributed by atoms with Crippen molar-refractivity contribution >= 4 is 21.6 Å². The Morgan fingerprint density at radius 3 is 1.88 bits per heavy atom. The van der Waals surface area contributed by atoms with Crippen molar-refractivity contribution in [2.45, 2.75) is 11.4 Å². The number of nitrogens with zero attached hydrogens (tertiary/aromatic N) is 1. The fourth-order valence-electron chi connectivity index (χ4n) is 2.58. The largest absolute Gasteiger partial charge is 0.366 e. The van der Waals surface area contributed by atoms with Crippen molar-refractivity contribution in [2.24, 2.45) is 5.73 Å². The summed E-state index contributed by atoms with van der Waals surface area (Å²) in [4.78, 5) is 11.3. The average Bonchev–Trinajstić information content (AvgIpc) is 2.67. The third-order valence-corrected chi connectivity index (χ3v) is 5.73. The number of sulfonamides is 1. The summed E-state index contributed by atoms with van der Waals surface area (Å²) in [6.07, 6.45) is 0. The third-order valence-electron chi connectivity index (χ3n) is 3.94. The predicted molar refractivity (Wildman–Crippen MR) is 101 cm³/mol. The summed E-state index contributed by atoms with van der Waals surface area (Å²) in [7, 11) is -3.81. The average molecular weight is 366 g/mol. The van der Waals surface area contributed by atoms with E-state index in [1.54, 1.807) is 24.3 Å². The van der Waals surface area contributed by atoms with Crippen LogP contribution in [0.15, 0.2) is 89.8 Å². The van der Waals surface area contributed by atoms with E-state index in [1.807, 2.05) is 36.4 Å². The van der Waals surface area contributed by atoms with Gasteiger partial charge in [-0.05, 0) is 42.0 Å². The van der Waals surface area contributed by atoms with Gasteiger partial charge in [-0.25, -0.2) is 8.42 Å². The Balaban J connectivity index is 2.03. The number of carbonyl (C=O) groups excluding carboxylic acids is 1. The van der Waals surface area contributed by atoms with Crippen molar-refractivity contribution in [3.8, 4) is 0 Å². The molecule has 0 unspecified atom stereocenters. The van der Waals surface area contributed by atoms with Crippen LogP contribution in [0.25, 0.3) is 0 Å². The molecule has 1 amide bonds. The molecule has 0 aliphatic rings. The van der Waals surface area contributed by atoms with Crippen LogP contribution in [-0.4, -0.2) is 14.3 Å². The summed E-state index contributed by atoms with van der Waals surface area (Å²) in [5, 5.41) is 0. The van der Waals surface area contributed by atoms with E-state index in [-0.39, 0.29) is 17.0 Å². The SMILES string of the molecule is NC(=O)c1ccc(S(=O)(=O)N(Cc2ccccc2)c2ccccc2)cc1. The molecule has 0 aromatic heterocycles. The maximum Gasteiger partial charge on any atom is 0.264 e. The lowest BCUT2D eigenvalue weighted by atomic mass is 10.2. The van der Waals surface area contributed by atoms with E-state index in [1.165, 1.54) is 28.6 Å². The summed E-state index contributed by atoms with van der Waals surface area (Å²) in [6, 6.07) is 23.9. The van der Waals surface area contributed by atoms with Gasteiger partial charge in [0.15, 0.2) is 0 Å². The predicted octanol–water partition coefficient (Wildman–Crippen LogP) is 3.18. The minimum Gasteiger partial charge on any atom is -0.366 e. The molecule has 0 aliphatic carbocycles. The Kier molecular flexibility index (Phi) is 5.04. The number of primary amides is 1. The van der Waals surface area contributed by atoms with Crippen molar-refractivity contribution in [3.05, 3.63) is 96.1 Å². The van der Waals surface area contributed by atoms with Gasteiger partial charge in [-0.15, -0.1) is 0 Å². The van der Waals surface area contributed by atoms with Gasteiger partial charge in [0.25, 0.3) is 10.0 Å². The van der Waals surface area contributed by atoms with Crippen molar-refractivity contribution in [1.82, 2.24) is 0 Å². The number of para-hydroxylation sites is 1. The molecule has 0 heterocycles. The summed E-state index contributed by atoms with van der Waals surface area (Å²) in [6.45, 7) is 0.199. The first-order chi connectivity index (χ1) is 12.5. The molecule has 3 rings (SSSR count). The topological polar surface area (TPSA) is 80.5 Å². The number of carbonyl (C=O) groups is 1. The van der Waals surface area contributed by atoms with Crippen molar-refractivity contribution < 1.29 is 13.2 Å². The second-order valence-corrected chi connectivity index (χ2v) is 7.58. The number of nitrogens with two attached hydrogens (primary N) is 1. The van der Waals surface area contributed by atoms with Gasteiger partial charge >= 0.3 is 0 Å². The first-order valence-corrected chi connectivity index (χ1v) is 9.44. The van der Waals surface area contributed by atoms with E-state index in [0.29, 0.717) is 5.69 Å². The van der Waals surface area contributed by atoms with E-state index < -0.39 is 15.9 Å². The molecule has 0 bridgehead atoms. The molecule has 0 atom stereocenters. The van der Waals surface area contributed by atoms with Crippen molar-refractivity contribution in [2.75, 3.05) is 4.31 Å². The second-order valence-electron chi connectivity index (χ2n) is 5.72. The van der Waals surface area contributed by atoms with Gasteiger partial charge in [-0.2, -0.15) is 0 Å². The van der Waals surface area contributed by atoms with Gasteiger partial charge in [0.2, 0.25) is 5.91 Å².